The van der Waals surface area contributed by atoms with Crippen LogP contribution in [0.4, 0.5) is 5.69 Å². The van der Waals surface area contributed by atoms with Crippen LogP contribution in [0.5, 0.6) is 5.75 Å². The van der Waals surface area contributed by atoms with Gasteiger partial charge in [-0.2, -0.15) is 0 Å². The van der Waals surface area contributed by atoms with Gasteiger partial charge in [-0.15, -0.1) is 0 Å². The number of imide groups is 1. The lowest BCUT2D eigenvalue weighted by Crippen LogP contribution is -2.40. The van der Waals surface area contributed by atoms with Gasteiger partial charge in [-0.3, -0.25) is 9.59 Å². The highest BCUT2D eigenvalue weighted by Crippen LogP contribution is 2.65. The van der Waals surface area contributed by atoms with Crippen LogP contribution in [0.2, 0.25) is 0 Å². The zero-order chi connectivity index (χ0) is 24.0. The summed E-state index contributed by atoms with van der Waals surface area (Å²) in [7, 11) is 0. The molecule has 35 heavy (non-hydrogen) atoms. The van der Waals surface area contributed by atoms with Gasteiger partial charge in [-0.1, -0.05) is 18.2 Å². The third-order valence-corrected chi connectivity index (χ3v) is 8.13. The van der Waals surface area contributed by atoms with Crippen LogP contribution in [0.15, 0.2) is 69.9 Å². The number of aryl methyl sites for hydroxylation is 1. The Morgan fingerprint density at radius 2 is 1.66 bits per heavy atom. The number of carbonyl (C=O) groups is 3. The molecule has 174 valence electrons. The van der Waals surface area contributed by atoms with Gasteiger partial charge in [-0.05, 0) is 72.9 Å². The molecule has 5 aliphatic rings. The molecular weight excluding hydrogens is 446 g/mol. The molecule has 7 nitrogen and oxygen atoms in total. The number of amides is 2. The van der Waals surface area contributed by atoms with Gasteiger partial charge in [0, 0.05) is 17.5 Å². The van der Waals surface area contributed by atoms with E-state index < -0.39 is 11.6 Å². The van der Waals surface area contributed by atoms with E-state index in [1.54, 1.807) is 30.3 Å². The minimum atomic E-state index is -0.636. The molecule has 1 aromatic heterocycles. The largest absolute Gasteiger partial charge is 0.423 e. The molecule has 2 bridgehead atoms. The SMILES string of the molecule is Cc1cc(OC(=O)c2cccc(N3C(=O)[C@@H]4[C@H]5C=C[C@@H]([C@@H]6C[C@@H]56)[C@H]4C3=O)c2)cc2oc(=O)ccc12. The first-order valence-corrected chi connectivity index (χ1v) is 11.8. The maximum Gasteiger partial charge on any atom is 0.343 e. The molecule has 0 spiro atoms. The second kappa shape index (κ2) is 7.01. The number of ether oxygens (including phenoxy) is 1. The second-order valence-electron chi connectivity index (χ2n) is 10.0. The highest BCUT2D eigenvalue weighted by molar-refractivity contribution is 6.23. The molecule has 2 aromatic carbocycles. The Balaban J connectivity index is 1.17. The molecule has 0 unspecified atom stereocenters. The number of benzene rings is 2. The van der Waals surface area contributed by atoms with E-state index in [4.69, 9.17) is 9.15 Å². The molecule has 2 saturated carbocycles. The van der Waals surface area contributed by atoms with E-state index >= 15 is 0 Å². The molecule has 6 atom stereocenters. The van der Waals surface area contributed by atoms with Crippen molar-refractivity contribution in [3.8, 4) is 5.75 Å². The van der Waals surface area contributed by atoms with Crippen molar-refractivity contribution in [2.45, 2.75) is 13.3 Å². The van der Waals surface area contributed by atoms with Gasteiger partial charge in [-0.25, -0.2) is 14.5 Å². The Kier molecular flexibility index (Phi) is 4.08. The number of anilines is 1. The number of nitrogens with zero attached hydrogens (tertiary/aromatic N) is 1. The maximum absolute atomic E-state index is 13.4. The van der Waals surface area contributed by atoms with Crippen LogP contribution in [0, 0.1) is 42.4 Å². The maximum atomic E-state index is 13.4. The Bertz CT molecular complexity index is 1510. The highest BCUT2D eigenvalue weighted by Gasteiger charge is 2.67. The van der Waals surface area contributed by atoms with Crippen LogP contribution < -0.4 is 15.3 Å². The summed E-state index contributed by atoms with van der Waals surface area (Å²) in [5.74, 6) is -0.00546. The van der Waals surface area contributed by atoms with Crippen molar-refractivity contribution < 1.29 is 23.5 Å². The Morgan fingerprint density at radius 1 is 0.943 bits per heavy atom. The molecule has 3 fully saturated rings. The van der Waals surface area contributed by atoms with Crippen LogP contribution in [0.1, 0.15) is 22.3 Å². The van der Waals surface area contributed by atoms with E-state index in [0.717, 1.165) is 17.4 Å². The molecule has 1 saturated heterocycles. The molecule has 4 aliphatic carbocycles. The van der Waals surface area contributed by atoms with Gasteiger partial charge < -0.3 is 9.15 Å². The Labute approximate surface area is 200 Å². The summed E-state index contributed by atoms with van der Waals surface area (Å²) in [4.78, 5) is 52.6. The summed E-state index contributed by atoms with van der Waals surface area (Å²) in [6.45, 7) is 1.83. The third kappa shape index (κ3) is 2.90. The van der Waals surface area contributed by atoms with Crippen LogP contribution in [-0.4, -0.2) is 17.8 Å². The first kappa shape index (κ1) is 20.4. The van der Waals surface area contributed by atoms with Crippen molar-refractivity contribution in [3.63, 3.8) is 0 Å². The quantitative estimate of drug-likeness (QED) is 0.191. The summed E-state index contributed by atoms with van der Waals surface area (Å²) < 4.78 is 10.8. The average Bonchev–Trinajstić information content (AvgIpc) is 3.62. The molecule has 1 aliphatic heterocycles. The van der Waals surface area contributed by atoms with E-state index in [0.29, 0.717) is 23.1 Å². The molecule has 0 radical (unpaired) electrons. The Morgan fingerprint density at radius 3 is 2.37 bits per heavy atom. The zero-order valence-corrected chi connectivity index (χ0v) is 18.8. The van der Waals surface area contributed by atoms with E-state index in [1.807, 2.05) is 6.92 Å². The molecular formula is C28H21NO6. The lowest BCUT2D eigenvalue weighted by atomic mass is 9.63. The third-order valence-electron chi connectivity index (χ3n) is 8.13. The summed E-state index contributed by atoms with van der Waals surface area (Å²) in [5.41, 5.74) is 1.23. The van der Waals surface area contributed by atoms with Gasteiger partial charge in [0.05, 0.1) is 23.1 Å². The van der Waals surface area contributed by atoms with Crippen LogP contribution >= 0.6 is 0 Å². The fraction of sp³-hybridized carbons (Fsp3) is 0.286. The van der Waals surface area contributed by atoms with Crippen LogP contribution in [-0.2, 0) is 9.59 Å². The van der Waals surface area contributed by atoms with E-state index in [9.17, 15) is 19.2 Å². The Hall–Kier alpha value is -4.00. The van der Waals surface area contributed by atoms with Crippen LogP contribution in [0.3, 0.4) is 0 Å². The first-order valence-electron chi connectivity index (χ1n) is 11.8. The molecule has 0 N–H and O–H groups in total. The number of allylic oxidation sites excluding steroid dienone is 2. The van der Waals surface area contributed by atoms with Crippen molar-refractivity contribution in [1.29, 1.82) is 0 Å². The number of carbonyl (C=O) groups excluding carboxylic acids is 3. The summed E-state index contributed by atoms with van der Waals surface area (Å²) in [6.07, 6.45) is 5.38. The fourth-order valence-electron chi connectivity index (χ4n) is 6.53. The summed E-state index contributed by atoms with van der Waals surface area (Å²) >= 11 is 0. The lowest BCUT2D eigenvalue weighted by molar-refractivity contribution is -0.124. The molecule has 2 heterocycles. The summed E-state index contributed by atoms with van der Waals surface area (Å²) in [5, 5.41) is 0.750. The first-order chi connectivity index (χ1) is 16.9. The molecule has 3 aromatic rings. The van der Waals surface area contributed by atoms with Crippen LogP contribution in [0.25, 0.3) is 11.0 Å². The molecule has 2 amide bonds. The zero-order valence-electron chi connectivity index (χ0n) is 18.8. The van der Waals surface area contributed by atoms with Gasteiger partial charge in [0.25, 0.3) is 0 Å². The van der Waals surface area contributed by atoms with Crippen molar-refractivity contribution >= 4 is 34.4 Å². The highest BCUT2D eigenvalue weighted by atomic mass is 16.5. The van der Waals surface area contributed by atoms with Crippen molar-refractivity contribution in [2.75, 3.05) is 4.90 Å². The number of hydrogen-bond donors (Lipinski definition) is 0. The van der Waals surface area contributed by atoms with Gasteiger partial charge in [0.1, 0.15) is 11.3 Å². The lowest BCUT2D eigenvalue weighted by Gasteiger charge is -2.37. The number of fused-ring (bicyclic) bond motifs is 1. The van der Waals surface area contributed by atoms with Gasteiger partial charge in [0.2, 0.25) is 11.8 Å². The van der Waals surface area contributed by atoms with Gasteiger partial charge in [0.15, 0.2) is 0 Å². The number of hydrogen-bond acceptors (Lipinski definition) is 6. The summed E-state index contributed by atoms with van der Waals surface area (Å²) in [6, 6.07) is 12.6. The minimum absolute atomic E-state index is 0.140. The van der Waals surface area contributed by atoms with E-state index in [-0.39, 0.29) is 46.8 Å². The average molecular weight is 467 g/mol. The minimum Gasteiger partial charge on any atom is -0.423 e. The topological polar surface area (TPSA) is 93.9 Å². The van der Waals surface area contributed by atoms with Crippen molar-refractivity contribution in [2.24, 2.45) is 35.5 Å². The van der Waals surface area contributed by atoms with Crippen molar-refractivity contribution in [3.05, 3.63) is 82.2 Å². The smallest absolute Gasteiger partial charge is 0.343 e. The van der Waals surface area contributed by atoms with Gasteiger partial charge >= 0.3 is 11.6 Å². The normalized spacial score (nSPS) is 29.9. The molecule has 7 heteroatoms. The standard InChI is InChI=1S/C28H21NO6/c1-13-9-16(11-22-17(13)7-8-23(30)35-22)34-28(33)14-3-2-4-15(10-14)29-26(31)24-18-5-6-19(21-12-20(18)21)25(24)27(29)32/h2-11,18-21,24-25H,12H2,1H3/t18-,19-,20-,21-,24+,25+/m0/s1. The fourth-order valence-corrected chi connectivity index (χ4v) is 6.53. The van der Waals surface area contributed by atoms with E-state index in [1.165, 1.54) is 23.1 Å². The number of rotatable bonds is 3. The van der Waals surface area contributed by atoms with Crippen molar-refractivity contribution in [1.82, 2.24) is 0 Å². The number of esters is 1. The predicted octanol–water partition coefficient (Wildman–Crippen LogP) is 3.88. The van der Waals surface area contributed by atoms with E-state index in [2.05, 4.69) is 12.2 Å². The molecule has 8 rings (SSSR count). The predicted molar refractivity (Wildman–Crippen MR) is 126 cm³/mol. The second-order valence-corrected chi connectivity index (χ2v) is 10.0. The monoisotopic (exact) mass is 467 g/mol.